The zero-order valence-corrected chi connectivity index (χ0v) is 9.05. The number of rotatable bonds is 1. The zero-order valence-electron chi connectivity index (χ0n) is 9.05. The fourth-order valence-corrected chi connectivity index (χ4v) is 2.16. The SMILES string of the molecule is O=C=Nc1c2ccccc2cc2ccccc12. The quantitative estimate of drug-likeness (QED) is 0.346. The van der Waals surface area contributed by atoms with E-state index in [1.54, 1.807) is 6.08 Å². The number of hydrogen-bond donors (Lipinski definition) is 0. The third-order valence-electron chi connectivity index (χ3n) is 2.90. The van der Waals surface area contributed by atoms with E-state index in [0.29, 0.717) is 5.69 Å². The van der Waals surface area contributed by atoms with Gasteiger partial charge in [-0.25, -0.2) is 4.79 Å². The van der Waals surface area contributed by atoms with E-state index in [2.05, 4.69) is 11.1 Å². The molecule has 0 radical (unpaired) electrons. The highest BCUT2D eigenvalue weighted by atomic mass is 16.1. The third kappa shape index (κ3) is 1.52. The van der Waals surface area contributed by atoms with E-state index in [1.807, 2.05) is 48.5 Å². The number of hydrogen-bond acceptors (Lipinski definition) is 2. The first-order valence-corrected chi connectivity index (χ1v) is 5.38. The van der Waals surface area contributed by atoms with Gasteiger partial charge in [0.15, 0.2) is 0 Å². The van der Waals surface area contributed by atoms with E-state index in [1.165, 1.54) is 0 Å². The van der Waals surface area contributed by atoms with Crippen molar-refractivity contribution in [2.24, 2.45) is 4.99 Å². The van der Waals surface area contributed by atoms with Crippen LogP contribution in [0.25, 0.3) is 21.5 Å². The molecule has 0 heterocycles. The van der Waals surface area contributed by atoms with Crippen LogP contribution < -0.4 is 0 Å². The van der Waals surface area contributed by atoms with Crippen molar-refractivity contribution in [3.63, 3.8) is 0 Å². The summed E-state index contributed by atoms with van der Waals surface area (Å²) in [4.78, 5) is 14.4. The largest absolute Gasteiger partial charge is 0.240 e. The van der Waals surface area contributed by atoms with Gasteiger partial charge in [0.1, 0.15) is 0 Å². The fourth-order valence-electron chi connectivity index (χ4n) is 2.16. The fraction of sp³-hybridized carbons (Fsp3) is 0. The first kappa shape index (κ1) is 9.76. The third-order valence-corrected chi connectivity index (χ3v) is 2.90. The maximum absolute atomic E-state index is 10.6. The predicted molar refractivity (Wildman–Crippen MR) is 69.2 cm³/mol. The van der Waals surface area contributed by atoms with Crippen molar-refractivity contribution in [2.75, 3.05) is 0 Å². The first-order chi connectivity index (χ1) is 8.40. The lowest BCUT2D eigenvalue weighted by atomic mass is 10.0. The Balaban J connectivity index is 2.60. The Bertz CT molecular complexity index is 701. The van der Waals surface area contributed by atoms with Crippen molar-refractivity contribution >= 4 is 33.3 Å². The monoisotopic (exact) mass is 219 g/mol. The van der Waals surface area contributed by atoms with Gasteiger partial charge >= 0.3 is 0 Å². The van der Waals surface area contributed by atoms with Gasteiger partial charge in [-0.2, -0.15) is 4.99 Å². The van der Waals surface area contributed by atoms with E-state index in [9.17, 15) is 4.79 Å². The molecule has 17 heavy (non-hydrogen) atoms. The van der Waals surface area contributed by atoms with Gasteiger partial charge in [-0.05, 0) is 16.8 Å². The maximum Gasteiger partial charge on any atom is 0.240 e. The Hall–Kier alpha value is -2.44. The van der Waals surface area contributed by atoms with Crippen LogP contribution in [-0.4, -0.2) is 6.08 Å². The molecule has 3 aromatic rings. The number of aliphatic imine (C=N–C) groups is 1. The van der Waals surface area contributed by atoms with Crippen LogP contribution in [0, 0.1) is 0 Å². The molecule has 0 N–H and O–H groups in total. The van der Waals surface area contributed by atoms with Crippen molar-refractivity contribution in [3.8, 4) is 0 Å². The molecular formula is C15H9NO. The number of benzene rings is 3. The summed E-state index contributed by atoms with van der Waals surface area (Å²) in [6, 6.07) is 17.9. The van der Waals surface area contributed by atoms with Crippen molar-refractivity contribution in [1.29, 1.82) is 0 Å². The van der Waals surface area contributed by atoms with Crippen molar-refractivity contribution in [2.45, 2.75) is 0 Å². The van der Waals surface area contributed by atoms with Gasteiger partial charge < -0.3 is 0 Å². The van der Waals surface area contributed by atoms with Crippen LogP contribution in [0.3, 0.4) is 0 Å². The molecule has 0 spiro atoms. The lowest BCUT2D eigenvalue weighted by Crippen LogP contribution is -1.78. The van der Waals surface area contributed by atoms with E-state index in [4.69, 9.17) is 0 Å². The molecule has 0 bridgehead atoms. The van der Waals surface area contributed by atoms with Gasteiger partial charge in [-0.3, -0.25) is 0 Å². The highest BCUT2D eigenvalue weighted by molar-refractivity contribution is 6.10. The number of nitrogens with zero attached hydrogens (tertiary/aromatic N) is 1. The smallest absolute Gasteiger partial charge is 0.211 e. The van der Waals surface area contributed by atoms with Crippen LogP contribution in [0.15, 0.2) is 59.6 Å². The predicted octanol–water partition coefficient (Wildman–Crippen LogP) is 3.96. The minimum absolute atomic E-state index is 0.702. The normalized spacial score (nSPS) is 10.4. The van der Waals surface area contributed by atoms with Crippen LogP contribution in [0.1, 0.15) is 0 Å². The lowest BCUT2D eigenvalue weighted by molar-refractivity contribution is 0.565. The van der Waals surface area contributed by atoms with E-state index < -0.39 is 0 Å². The summed E-state index contributed by atoms with van der Waals surface area (Å²) in [6.45, 7) is 0. The highest BCUT2D eigenvalue weighted by Crippen LogP contribution is 2.34. The minimum Gasteiger partial charge on any atom is -0.211 e. The molecular weight excluding hydrogens is 210 g/mol. The molecule has 0 unspecified atom stereocenters. The molecule has 3 rings (SSSR count). The molecule has 80 valence electrons. The number of fused-ring (bicyclic) bond motifs is 2. The molecule has 0 saturated carbocycles. The van der Waals surface area contributed by atoms with Gasteiger partial charge in [-0.1, -0.05) is 48.5 Å². The van der Waals surface area contributed by atoms with Crippen molar-refractivity contribution < 1.29 is 4.79 Å². The average molecular weight is 219 g/mol. The maximum atomic E-state index is 10.6. The Morgan fingerprint density at radius 1 is 0.824 bits per heavy atom. The lowest BCUT2D eigenvalue weighted by Gasteiger charge is -2.05. The summed E-state index contributed by atoms with van der Waals surface area (Å²) in [6.07, 6.45) is 1.64. The first-order valence-electron chi connectivity index (χ1n) is 5.38. The molecule has 2 heteroatoms. The zero-order chi connectivity index (χ0) is 11.7. The molecule has 0 fully saturated rings. The van der Waals surface area contributed by atoms with Crippen LogP contribution in [0.5, 0.6) is 0 Å². The molecule has 0 atom stereocenters. The summed E-state index contributed by atoms with van der Waals surface area (Å²) in [5, 5.41) is 4.13. The molecule has 0 aromatic heterocycles. The summed E-state index contributed by atoms with van der Waals surface area (Å²) in [5.74, 6) is 0. The second-order valence-electron chi connectivity index (χ2n) is 3.87. The summed E-state index contributed by atoms with van der Waals surface area (Å²) in [7, 11) is 0. The molecule has 0 amide bonds. The van der Waals surface area contributed by atoms with E-state index in [-0.39, 0.29) is 0 Å². The minimum atomic E-state index is 0.702. The summed E-state index contributed by atoms with van der Waals surface area (Å²) < 4.78 is 0. The topological polar surface area (TPSA) is 29.4 Å². The Morgan fingerprint density at radius 2 is 1.35 bits per heavy atom. The Morgan fingerprint density at radius 3 is 1.88 bits per heavy atom. The number of carbonyl (C=O) groups excluding carboxylic acids is 1. The summed E-state index contributed by atoms with van der Waals surface area (Å²) >= 11 is 0. The molecule has 0 aliphatic carbocycles. The van der Waals surface area contributed by atoms with Gasteiger partial charge in [0, 0.05) is 10.8 Å². The Labute approximate surface area is 98.2 Å². The number of isocyanates is 1. The highest BCUT2D eigenvalue weighted by Gasteiger charge is 2.05. The van der Waals surface area contributed by atoms with Crippen LogP contribution >= 0.6 is 0 Å². The molecule has 2 nitrogen and oxygen atoms in total. The second-order valence-corrected chi connectivity index (χ2v) is 3.87. The summed E-state index contributed by atoms with van der Waals surface area (Å²) in [5.41, 5.74) is 0.702. The second kappa shape index (κ2) is 3.85. The molecule has 0 aliphatic rings. The average Bonchev–Trinajstić information content (AvgIpc) is 2.39. The van der Waals surface area contributed by atoms with Crippen molar-refractivity contribution in [3.05, 3.63) is 54.6 Å². The van der Waals surface area contributed by atoms with Gasteiger partial charge in [-0.15, -0.1) is 0 Å². The van der Waals surface area contributed by atoms with Crippen LogP contribution in [-0.2, 0) is 4.79 Å². The van der Waals surface area contributed by atoms with Crippen molar-refractivity contribution in [1.82, 2.24) is 0 Å². The van der Waals surface area contributed by atoms with Gasteiger partial charge in [0.2, 0.25) is 6.08 Å². The van der Waals surface area contributed by atoms with Gasteiger partial charge in [0.25, 0.3) is 0 Å². The standard InChI is InChI=1S/C15H9NO/c17-10-16-15-13-7-3-1-5-11(13)9-12-6-2-4-8-14(12)15/h1-9H. The Kier molecular flexibility index (Phi) is 2.21. The van der Waals surface area contributed by atoms with E-state index >= 15 is 0 Å². The van der Waals surface area contributed by atoms with Crippen LogP contribution in [0.4, 0.5) is 5.69 Å². The molecule has 3 aromatic carbocycles. The molecule has 0 saturated heterocycles. The van der Waals surface area contributed by atoms with E-state index in [0.717, 1.165) is 21.5 Å². The van der Waals surface area contributed by atoms with Crippen LogP contribution in [0.2, 0.25) is 0 Å². The molecule has 0 aliphatic heterocycles. The van der Waals surface area contributed by atoms with Gasteiger partial charge in [0.05, 0.1) is 5.69 Å².